The Bertz CT molecular complexity index is 598. The molecule has 0 radical (unpaired) electrons. The van der Waals surface area contributed by atoms with E-state index in [0.29, 0.717) is 17.0 Å². The second-order valence-electron chi connectivity index (χ2n) is 4.08. The molecule has 0 aliphatic heterocycles. The zero-order valence-corrected chi connectivity index (χ0v) is 12.1. The molecule has 0 atom stereocenters. The fraction of sp³-hybridized carbons (Fsp3) is 0.143. The summed E-state index contributed by atoms with van der Waals surface area (Å²) in [5.74, 6) is 0.0387. The van der Waals surface area contributed by atoms with E-state index in [9.17, 15) is 4.79 Å². The zero-order chi connectivity index (χ0) is 13.1. The lowest BCUT2D eigenvalue weighted by Gasteiger charge is -2.04. The number of rotatable bonds is 3. The van der Waals surface area contributed by atoms with Crippen molar-refractivity contribution in [1.82, 2.24) is 4.98 Å². The maximum Gasteiger partial charge on any atom is 0.167 e. The van der Waals surface area contributed by atoms with E-state index in [2.05, 4.69) is 20.9 Å². The molecule has 92 valence electrons. The van der Waals surface area contributed by atoms with Gasteiger partial charge in [0.25, 0.3) is 0 Å². The third-order valence-corrected chi connectivity index (χ3v) is 3.46. The Morgan fingerprint density at radius 2 is 2.11 bits per heavy atom. The summed E-state index contributed by atoms with van der Waals surface area (Å²) in [7, 11) is 0. The Labute approximate surface area is 119 Å². The molecule has 0 amide bonds. The van der Waals surface area contributed by atoms with Gasteiger partial charge in [0.2, 0.25) is 0 Å². The number of Topliss-reactive ketones (excluding diaryl/α,β-unsaturated/α-hetero) is 1. The van der Waals surface area contributed by atoms with E-state index in [4.69, 9.17) is 11.6 Å². The van der Waals surface area contributed by atoms with Gasteiger partial charge in [-0.05, 0) is 46.1 Å². The van der Waals surface area contributed by atoms with Gasteiger partial charge in [-0.2, -0.15) is 0 Å². The molecule has 0 fully saturated rings. The summed E-state index contributed by atoms with van der Waals surface area (Å²) in [6.07, 6.45) is 3.71. The van der Waals surface area contributed by atoms with E-state index < -0.39 is 0 Å². The highest BCUT2D eigenvalue weighted by Gasteiger charge is 2.09. The number of carbonyl (C=O) groups is 1. The first-order chi connectivity index (χ1) is 8.56. The van der Waals surface area contributed by atoms with Crippen molar-refractivity contribution in [3.63, 3.8) is 0 Å². The number of carbonyl (C=O) groups excluding carboxylic acids is 1. The van der Waals surface area contributed by atoms with E-state index in [-0.39, 0.29) is 5.78 Å². The van der Waals surface area contributed by atoms with Crippen LogP contribution in [0.2, 0.25) is 5.02 Å². The Hall–Kier alpha value is -1.19. The molecule has 2 rings (SSSR count). The van der Waals surface area contributed by atoms with Crippen LogP contribution in [0.1, 0.15) is 21.5 Å². The summed E-state index contributed by atoms with van der Waals surface area (Å²) in [5, 5.41) is 0.619. The van der Waals surface area contributed by atoms with E-state index in [0.717, 1.165) is 15.6 Å². The second kappa shape index (κ2) is 5.63. The number of hydrogen-bond acceptors (Lipinski definition) is 2. The Morgan fingerprint density at radius 1 is 1.33 bits per heavy atom. The van der Waals surface area contributed by atoms with Crippen molar-refractivity contribution >= 4 is 33.3 Å². The Kier molecular flexibility index (Phi) is 4.15. The largest absolute Gasteiger partial charge is 0.294 e. The molecule has 0 unspecified atom stereocenters. The number of halogens is 2. The summed E-state index contributed by atoms with van der Waals surface area (Å²) in [6, 6.07) is 7.26. The SMILES string of the molecule is Cc1ccc(C(=O)Cc2cncc(Br)c2)cc1Cl. The molecule has 1 aromatic heterocycles. The maximum absolute atomic E-state index is 12.1. The zero-order valence-electron chi connectivity index (χ0n) is 9.78. The highest BCUT2D eigenvalue weighted by molar-refractivity contribution is 9.10. The fourth-order valence-electron chi connectivity index (χ4n) is 1.61. The van der Waals surface area contributed by atoms with Crippen molar-refractivity contribution in [2.45, 2.75) is 13.3 Å². The molecule has 18 heavy (non-hydrogen) atoms. The van der Waals surface area contributed by atoms with Gasteiger partial charge in [0.05, 0.1) is 0 Å². The lowest BCUT2D eigenvalue weighted by molar-refractivity contribution is 0.0993. The number of hydrogen-bond donors (Lipinski definition) is 0. The first kappa shape index (κ1) is 13.2. The van der Waals surface area contributed by atoms with Gasteiger partial charge in [-0.25, -0.2) is 0 Å². The molecule has 1 heterocycles. The van der Waals surface area contributed by atoms with Crippen LogP contribution < -0.4 is 0 Å². The van der Waals surface area contributed by atoms with Crippen LogP contribution in [-0.4, -0.2) is 10.8 Å². The van der Waals surface area contributed by atoms with Crippen molar-refractivity contribution in [3.05, 3.63) is 62.8 Å². The standard InChI is InChI=1S/C14H11BrClNO/c1-9-2-3-11(6-13(9)16)14(18)5-10-4-12(15)8-17-7-10/h2-4,6-8H,5H2,1H3. The molecule has 1 aromatic carbocycles. The minimum atomic E-state index is 0.0387. The van der Waals surface area contributed by atoms with Gasteiger partial charge >= 0.3 is 0 Å². The van der Waals surface area contributed by atoms with E-state index in [1.165, 1.54) is 0 Å². The molecular formula is C14H11BrClNO. The van der Waals surface area contributed by atoms with Crippen LogP contribution in [-0.2, 0) is 6.42 Å². The molecule has 2 nitrogen and oxygen atoms in total. The molecule has 2 aromatic rings. The summed E-state index contributed by atoms with van der Waals surface area (Å²) < 4.78 is 0.870. The van der Waals surface area contributed by atoms with Gasteiger partial charge in [-0.3, -0.25) is 9.78 Å². The maximum atomic E-state index is 12.1. The van der Waals surface area contributed by atoms with Gasteiger partial charge in [-0.15, -0.1) is 0 Å². The van der Waals surface area contributed by atoms with Crippen molar-refractivity contribution in [2.24, 2.45) is 0 Å². The van der Waals surface area contributed by atoms with Crippen LogP contribution in [0.15, 0.2) is 41.1 Å². The summed E-state index contributed by atoms with van der Waals surface area (Å²) in [6.45, 7) is 1.91. The first-order valence-electron chi connectivity index (χ1n) is 5.45. The van der Waals surface area contributed by atoms with Crippen LogP contribution in [0.25, 0.3) is 0 Å². The number of pyridine rings is 1. The van der Waals surface area contributed by atoms with Crippen LogP contribution in [0.5, 0.6) is 0 Å². The lowest BCUT2D eigenvalue weighted by Crippen LogP contribution is -2.04. The molecule has 0 aliphatic rings. The normalized spacial score (nSPS) is 10.4. The van der Waals surface area contributed by atoms with Gasteiger partial charge in [-0.1, -0.05) is 23.7 Å². The highest BCUT2D eigenvalue weighted by Crippen LogP contribution is 2.18. The molecule has 0 N–H and O–H groups in total. The lowest BCUT2D eigenvalue weighted by atomic mass is 10.0. The Balaban J connectivity index is 2.19. The summed E-state index contributed by atoms with van der Waals surface area (Å²) in [5.41, 5.74) is 2.48. The van der Waals surface area contributed by atoms with Gasteiger partial charge in [0, 0.05) is 33.9 Å². The van der Waals surface area contributed by atoms with Crippen molar-refractivity contribution in [2.75, 3.05) is 0 Å². The van der Waals surface area contributed by atoms with E-state index in [1.54, 1.807) is 24.5 Å². The molecule has 0 saturated heterocycles. The average molecular weight is 325 g/mol. The van der Waals surface area contributed by atoms with Gasteiger partial charge in [0.15, 0.2) is 5.78 Å². The molecule has 0 spiro atoms. The fourth-order valence-corrected chi connectivity index (χ4v) is 2.20. The molecule has 4 heteroatoms. The van der Waals surface area contributed by atoms with Crippen molar-refractivity contribution in [1.29, 1.82) is 0 Å². The number of aryl methyl sites for hydroxylation is 1. The molecule has 0 bridgehead atoms. The van der Waals surface area contributed by atoms with E-state index >= 15 is 0 Å². The van der Waals surface area contributed by atoms with E-state index in [1.807, 2.05) is 19.1 Å². The van der Waals surface area contributed by atoms with Crippen LogP contribution in [0, 0.1) is 6.92 Å². The highest BCUT2D eigenvalue weighted by atomic mass is 79.9. The number of ketones is 1. The Morgan fingerprint density at radius 3 is 2.78 bits per heavy atom. The minimum absolute atomic E-state index is 0.0387. The third-order valence-electron chi connectivity index (χ3n) is 2.62. The predicted octanol–water partition coefficient (Wildman–Crippen LogP) is 4.23. The molecule has 0 saturated carbocycles. The van der Waals surface area contributed by atoms with Crippen molar-refractivity contribution in [3.8, 4) is 0 Å². The average Bonchev–Trinajstić information content (AvgIpc) is 2.32. The molecular weight excluding hydrogens is 314 g/mol. The third kappa shape index (κ3) is 3.18. The molecule has 0 aliphatic carbocycles. The summed E-state index contributed by atoms with van der Waals surface area (Å²) in [4.78, 5) is 16.1. The number of nitrogens with zero attached hydrogens (tertiary/aromatic N) is 1. The number of aromatic nitrogens is 1. The number of benzene rings is 1. The van der Waals surface area contributed by atoms with Crippen molar-refractivity contribution < 1.29 is 4.79 Å². The minimum Gasteiger partial charge on any atom is -0.294 e. The van der Waals surface area contributed by atoms with Crippen LogP contribution in [0.3, 0.4) is 0 Å². The predicted molar refractivity (Wildman–Crippen MR) is 76.2 cm³/mol. The second-order valence-corrected chi connectivity index (χ2v) is 5.40. The quantitative estimate of drug-likeness (QED) is 0.791. The van der Waals surface area contributed by atoms with Crippen LogP contribution in [0.4, 0.5) is 0 Å². The van der Waals surface area contributed by atoms with Crippen LogP contribution >= 0.6 is 27.5 Å². The van der Waals surface area contributed by atoms with Gasteiger partial charge in [0.1, 0.15) is 0 Å². The summed E-state index contributed by atoms with van der Waals surface area (Å²) >= 11 is 9.35. The monoisotopic (exact) mass is 323 g/mol. The topological polar surface area (TPSA) is 30.0 Å². The first-order valence-corrected chi connectivity index (χ1v) is 6.62. The van der Waals surface area contributed by atoms with Gasteiger partial charge < -0.3 is 0 Å². The smallest absolute Gasteiger partial charge is 0.167 e.